The summed E-state index contributed by atoms with van der Waals surface area (Å²) in [5.41, 5.74) is -0.0108. The first-order valence-corrected chi connectivity index (χ1v) is 7.81. The highest BCUT2D eigenvalue weighted by atomic mass is 127. The lowest BCUT2D eigenvalue weighted by Crippen LogP contribution is -2.34. The number of pyridine rings is 1. The molecule has 0 radical (unpaired) electrons. The zero-order valence-electron chi connectivity index (χ0n) is 11.9. The van der Waals surface area contributed by atoms with Gasteiger partial charge in [-0.05, 0) is 54.6 Å². The van der Waals surface area contributed by atoms with E-state index in [1.165, 1.54) is 6.92 Å². The van der Waals surface area contributed by atoms with Crippen LogP contribution < -0.4 is 4.74 Å². The van der Waals surface area contributed by atoms with Gasteiger partial charge in [-0.15, -0.1) is 0 Å². The number of aromatic nitrogens is 1. The summed E-state index contributed by atoms with van der Waals surface area (Å²) in [5, 5.41) is 1.47. The van der Waals surface area contributed by atoms with Gasteiger partial charge >= 0.3 is 5.97 Å². The minimum absolute atomic E-state index is 0.232. The summed E-state index contributed by atoms with van der Waals surface area (Å²) in [4.78, 5) is 15.4. The topological polar surface area (TPSA) is 48.4 Å². The van der Waals surface area contributed by atoms with Gasteiger partial charge in [0.2, 0.25) is 0 Å². The van der Waals surface area contributed by atoms with Crippen LogP contribution in [0.15, 0.2) is 24.4 Å². The number of ether oxygens (including phenoxy) is 2. The maximum absolute atomic E-state index is 11.1. The SMILES string of the molecule is CC(=O)OC(C)(C)COc1c(I)cc(Cl)c2cccnc12. The Hall–Kier alpha value is -1.08. The van der Waals surface area contributed by atoms with Gasteiger partial charge in [0.15, 0.2) is 5.75 Å². The minimum Gasteiger partial charge on any atom is -0.486 e. The smallest absolute Gasteiger partial charge is 0.303 e. The van der Waals surface area contributed by atoms with E-state index in [9.17, 15) is 4.79 Å². The van der Waals surface area contributed by atoms with Crippen molar-refractivity contribution in [3.8, 4) is 5.75 Å². The van der Waals surface area contributed by atoms with Gasteiger partial charge in [0.05, 0.1) is 8.59 Å². The number of carbonyl (C=O) groups is 1. The summed E-state index contributed by atoms with van der Waals surface area (Å²) in [6, 6.07) is 5.55. The summed E-state index contributed by atoms with van der Waals surface area (Å²) in [6.07, 6.45) is 1.69. The normalized spacial score (nSPS) is 11.5. The molecule has 0 atom stereocenters. The van der Waals surface area contributed by atoms with Crippen LogP contribution in [0, 0.1) is 3.57 Å². The molecule has 0 aliphatic rings. The third-order valence-corrected chi connectivity index (χ3v) is 3.85. The maximum Gasteiger partial charge on any atom is 0.303 e. The number of halogens is 2. The lowest BCUT2D eigenvalue weighted by atomic mass is 10.1. The fraction of sp³-hybridized carbons (Fsp3) is 0.333. The molecule has 0 bridgehead atoms. The Morgan fingerprint density at radius 3 is 2.86 bits per heavy atom. The first-order chi connectivity index (χ1) is 9.80. The second-order valence-electron chi connectivity index (χ2n) is 5.21. The van der Waals surface area contributed by atoms with Crippen molar-refractivity contribution in [2.45, 2.75) is 26.4 Å². The van der Waals surface area contributed by atoms with Gasteiger partial charge in [-0.1, -0.05) is 11.6 Å². The van der Waals surface area contributed by atoms with Gasteiger partial charge in [0, 0.05) is 18.5 Å². The highest BCUT2D eigenvalue weighted by Gasteiger charge is 2.23. The average Bonchev–Trinajstić information content (AvgIpc) is 2.36. The summed E-state index contributed by atoms with van der Waals surface area (Å²) in [7, 11) is 0. The van der Waals surface area contributed by atoms with Crippen molar-refractivity contribution in [1.82, 2.24) is 4.98 Å². The van der Waals surface area contributed by atoms with Gasteiger partial charge in [-0.25, -0.2) is 0 Å². The van der Waals surface area contributed by atoms with Crippen LogP contribution in [0.3, 0.4) is 0 Å². The van der Waals surface area contributed by atoms with Crippen LogP contribution in [-0.4, -0.2) is 23.2 Å². The molecule has 0 saturated carbocycles. The number of rotatable bonds is 4. The predicted molar refractivity (Wildman–Crippen MR) is 90.8 cm³/mol. The number of hydrogen-bond donors (Lipinski definition) is 0. The average molecular weight is 420 g/mol. The zero-order chi connectivity index (χ0) is 15.6. The third-order valence-electron chi connectivity index (χ3n) is 2.73. The van der Waals surface area contributed by atoms with Crippen molar-refractivity contribution < 1.29 is 14.3 Å². The first-order valence-electron chi connectivity index (χ1n) is 6.35. The van der Waals surface area contributed by atoms with E-state index in [-0.39, 0.29) is 12.6 Å². The number of esters is 1. The lowest BCUT2D eigenvalue weighted by molar-refractivity contribution is -0.156. The molecule has 0 amide bonds. The van der Waals surface area contributed by atoms with Gasteiger partial charge < -0.3 is 9.47 Å². The molecule has 0 unspecified atom stereocenters. The number of fused-ring (bicyclic) bond motifs is 1. The highest BCUT2D eigenvalue weighted by molar-refractivity contribution is 14.1. The molecule has 2 aromatic rings. The summed E-state index contributed by atoms with van der Waals surface area (Å²) in [6.45, 7) is 5.21. The molecule has 0 aliphatic carbocycles. The molecular formula is C15H15ClINO3. The van der Waals surface area contributed by atoms with E-state index in [1.54, 1.807) is 20.0 Å². The Morgan fingerprint density at radius 1 is 1.48 bits per heavy atom. The Bertz CT molecular complexity index is 688. The van der Waals surface area contributed by atoms with Crippen molar-refractivity contribution in [3.05, 3.63) is 33.0 Å². The number of carbonyl (C=O) groups excluding carboxylic acids is 1. The van der Waals surface area contributed by atoms with Crippen LogP contribution in [0.5, 0.6) is 5.75 Å². The number of benzene rings is 1. The van der Waals surface area contributed by atoms with E-state index in [1.807, 2.05) is 18.2 Å². The monoisotopic (exact) mass is 419 g/mol. The molecule has 6 heteroatoms. The Kier molecular flexibility index (Phi) is 4.93. The van der Waals surface area contributed by atoms with Gasteiger partial charge in [0.1, 0.15) is 17.7 Å². The molecule has 21 heavy (non-hydrogen) atoms. The van der Waals surface area contributed by atoms with E-state index < -0.39 is 5.60 Å². The molecular weight excluding hydrogens is 405 g/mol. The Labute approximate surface area is 141 Å². The number of nitrogens with zero attached hydrogens (tertiary/aromatic N) is 1. The van der Waals surface area contributed by atoms with Crippen molar-refractivity contribution in [2.75, 3.05) is 6.61 Å². The summed E-state index contributed by atoms with van der Waals surface area (Å²) < 4.78 is 12.0. The van der Waals surface area contributed by atoms with E-state index in [0.29, 0.717) is 16.3 Å². The Balaban J connectivity index is 2.33. The fourth-order valence-electron chi connectivity index (χ4n) is 1.95. The predicted octanol–water partition coefficient (Wildman–Crippen LogP) is 4.21. The Morgan fingerprint density at radius 2 is 2.19 bits per heavy atom. The molecule has 0 aliphatic heterocycles. The van der Waals surface area contributed by atoms with Gasteiger partial charge in [-0.2, -0.15) is 0 Å². The molecule has 0 N–H and O–H groups in total. The quantitative estimate of drug-likeness (QED) is 0.550. The van der Waals surface area contributed by atoms with Crippen molar-refractivity contribution >= 4 is 51.1 Å². The van der Waals surface area contributed by atoms with E-state index >= 15 is 0 Å². The molecule has 0 spiro atoms. The largest absolute Gasteiger partial charge is 0.486 e. The zero-order valence-corrected chi connectivity index (χ0v) is 14.9. The second-order valence-corrected chi connectivity index (χ2v) is 6.78. The van der Waals surface area contributed by atoms with Crippen molar-refractivity contribution in [1.29, 1.82) is 0 Å². The molecule has 112 valence electrons. The number of hydrogen-bond acceptors (Lipinski definition) is 4. The fourth-order valence-corrected chi connectivity index (χ4v) is 3.12. The standard InChI is InChI=1S/C15H15ClINO3/c1-9(19)21-15(2,3)8-20-14-12(17)7-11(16)10-5-4-6-18-13(10)14/h4-7H,8H2,1-3H3. The molecule has 4 nitrogen and oxygen atoms in total. The van der Waals surface area contributed by atoms with Crippen LogP contribution in [0.25, 0.3) is 10.9 Å². The highest BCUT2D eigenvalue weighted by Crippen LogP contribution is 2.35. The van der Waals surface area contributed by atoms with Crippen LogP contribution in [0.4, 0.5) is 0 Å². The lowest BCUT2D eigenvalue weighted by Gasteiger charge is -2.25. The van der Waals surface area contributed by atoms with Crippen LogP contribution in [0.1, 0.15) is 20.8 Å². The second kappa shape index (κ2) is 6.36. The van der Waals surface area contributed by atoms with Crippen LogP contribution in [-0.2, 0) is 9.53 Å². The molecule has 2 rings (SSSR count). The molecule has 1 heterocycles. The maximum atomic E-state index is 11.1. The molecule has 1 aromatic heterocycles. The molecule has 1 aromatic carbocycles. The third kappa shape index (κ3) is 3.97. The van der Waals surface area contributed by atoms with Crippen LogP contribution >= 0.6 is 34.2 Å². The minimum atomic E-state index is -0.713. The summed E-state index contributed by atoms with van der Waals surface area (Å²) >= 11 is 8.38. The van der Waals surface area contributed by atoms with Gasteiger partial charge in [-0.3, -0.25) is 9.78 Å². The van der Waals surface area contributed by atoms with Crippen molar-refractivity contribution in [2.24, 2.45) is 0 Å². The summed E-state index contributed by atoms with van der Waals surface area (Å²) in [5.74, 6) is 0.313. The first kappa shape index (κ1) is 16.3. The van der Waals surface area contributed by atoms with Crippen molar-refractivity contribution in [3.63, 3.8) is 0 Å². The molecule has 0 saturated heterocycles. The van der Waals surface area contributed by atoms with Gasteiger partial charge in [0.25, 0.3) is 0 Å². The van der Waals surface area contributed by atoms with E-state index in [2.05, 4.69) is 27.6 Å². The molecule has 0 fully saturated rings. The van der Waals surface area contributed by atoms with E-state index in [4.69, 9.17) is 21.1 Å². The van der Waals surface area contributed by atoms with E-state index in [0.717, 1.165) is 8.96 Å². The van der Waals surface area contributed by atoms with Crippen LogP contribution in [0.2, 0.25) is 5.02 Å².